The third-order valence-electron chi connectivity index (χ3n) is 4.91. The first-order valence-corrected chi connectivity index (χ1v) is 8.90. The summed E-state index contributed by atoms with van der Waals surface area (Å²) in [5, 5.41) is 5.53. The number of aromatic nitrogens is 1. The number of fused-ring (bicyclic) bond motifs is 1. The largest absolute Gasteiger partial charge is 0.480 e. The number of carbonyl (C=O) groups excluding carboxylic acids is 2. The van der Waals surface area contributed by atoms with Crippen molar-refractivity contribution in [2.75, 3.05) is 17.2 Å². The molecule has 24 heavy (non-hydrogen) atoms. The average molecular weight is 331 g/mol. The molecule has 1 aromatic heterocycles. The van der Waals surface area contributed by atoms with Crippen LogP contribution in [-0.4, -0.2) is 23.4 Å². The molecular formula is C18H25N3O3. The summed E-state index contributed by atoms with van der Waals surface area (Å²) in [5.41, 5.74) is 0. The number of rotatable bonds is 5. The van der Waals surface area contributed by atoms with Crippen LogP contribution in [0.4, 0.5) is 11.6 Å². The predicted molar refractivity (Wildman–Crippen MR) is 92.0 cm³/mol. The van der Waals surface area contributed by atoms with Crippen molar-refractivity contribution in [1.29, 1.82) is 0 Å². The van der Waals surface area contributed by atoms with Crippen molar-refractivity contribution in [3.63, 3.8) is 0 Å². The Morgan fingerprint density at radius 2 is 2.12 bits per heavy atom. The van der Waals surface area contributed by atoms with Gasteiger partial charge in [0.25, 0.3) is 5.91 Å². The maximum Gasteiger partial charge on any atom is 0.263 e. The highest BCUT2D eigenvalue weighted by Crippen LogP contribution is 2.33. The molecule has 1 aliphatic carbocycles. The van der Waals surface area contributed by atoms with E-state index in [-0.39, 0.29) is 24.3 Å². The molecule has 2 heterocycles. The van der Waals surface area contributed by atoms with Crippen LogP contribution in [0.5, 0.6) is 5.75 Å². The number of carbonyl (C=O) groups is 2. The minimum absolute atomic E-state index is 0.00164. The Morgan fingerprint density at radius 1 is 1.33 bits per heavy atom. The number of ether oxygens (including phenoxy) is 1. The molecule has 3 rings (SSSR count). The zero-order valence-electron chi connectivity index (χ0n) is 14.1. The van der Waals surface area contributed by atoms with Crippen molar-refractivity contribution in [2.45, 2.75) is 51.9 Å². The molecule has 0 saturated heterocycles. The molecule has 1 fully saturated rings. The summed E-state index contributed by atoms with van der Waals surface area (Å²) in [6.07, 6.45) is 7.99. The molecule has 0 bridgehead atoms. The van der Waals surface area contributed by atoms with Crippen LogP contribution in [0.25, 0.3) is 0 Å². The van der Waals surface area contributed by atoms with Crippen molar-refractivity contribution >= 4 is 23.5 Å². The third-order valence-corrected chi connectivity index (χ3v) is 4.91. The van der Waals surface area contributed by atoms with Gasteiger partial charge in [-0.25, -0.2) is 4.98 Å². The van der Waals surface area contributed by atoms with E-state index in [1.165, 1.54) is 19.3 Å². The number of pyridine rings is 1. The van der Waals surface area contributed by atoms with Crippen LogP contribution in [-0.2, 0) is 9.59 Å². The highest BCUT2D eigenvalue weighted by atomic mass is 16.5. The van der Waals surface area contributed by atoms with Gasteiger partial charge in [0, 0.05) is 5.92 Å². The fourth-order valence-corrected chi connectivity index (χ4v) is 3.47. The summed E-state index contributed by atoms with van der Waals surface area (Å²) in [5.74, 6) is 1.99. The molecule has 1 aliphatic heterocycles. The first kappa shape index (κ1) is 16.7. The van der Waals surface area contributed by atoms with Crippen LogP contribution in [0.1, 0.15) is 51.9 Å². The van der Waals surface area contributed by atoms with Crippen molar-refractivity contribution in [2.24, 2.45) is 11.8 Å². The molecule has 0 aromatic carbocycles. The molecule has 2 N–H and O–H groups in total. The predicted octanol–water partition coefficient (Wildman–Crippen LogP) is 3.35. The first-order chi connectivity index (χ1) is 11.7. The van der Waals surface area contributed by atoms with Gasteiger partial charge in [-0.05, 0) is 43.7 Å². The Morgan fingerprint density at radius 3 is 2.88 bits per heavy atom. The zero-order valence-corrected chi connectivity index (χ0v) is 14.1. The molecule has 2 amide bonds. The second-order valence-corrected chi connectivity index (χ2v) is 6.73. The molecule has 0 unspecified atom stereocenters. The van der Waals surface area contributed by atoms with Crippen molar-refractivity contribution in [3.8, 4) is 5.75 Å². The van der Waals surface area contributed by atoms with Gasteiger partial charge in [-0.15, -0.1) is 0 Å². The number of nitrogens with one attached hydrogen (secondary N) is 2. The van der Waals surface area contributed by atoms with Crippen LogP contribution < -0.4 is 15.4 Å². The van der Waals surface area contributed by atoms with Gasteiger partial charge in [0.1, 0.15) is 5.82 Å². The molecule has 0 atom stereocenters. The Balaban J connectivity index is 1.54. The standard InChI is InChI=1S/C18H25N3O3/c1-2-3-4-12-5-7-13(8-6-12)18(23)20-15-10-9-14-17(19-15)21-16(22)11-24-14/h9-10,12-13H,2-8,11H2,1H3,(H2,19,20,21,22,23). The van der Waals surface area contributed by atoms with Gasteiger partial charge in [0.2, 0.25) is 5.91 Å². The summed E-state index contributed by atoms with van der Waals surface area (Å²) in [7, 11) is 0. The summed E-state index contributed by atoms with van der Waals surface area (Å²) in [6.45, 7) is 2.22. The molecular weight excluding hydrogens is 306 g/mol. The van der Waals surface area contributed by atoms with E-state index in [1.54, 1.807) is 12.1 Å². The lowest BCUT2D eigenvalue weighted by Gasteiger charge is -2.27. The second-order valence-electron chi connectivity index (χ2n) is 6.73. The Labute approximate surface area is 142 Å². The van der Waals surface area contributed by atoms with Gasteiger partial charge >= 0.3 is 0 Å². The van der Waals surface area contributed by atoms with E-state index in [0.717, 1.165) is 31.6 Å². The summed E-state index contributed by atoms with van der Waals surface area (Å²) in [4.78, 5) is 28.1. The highest BCUT2D eigenvalue weighted by molar-refractivity contribution is 5.95. The minimum atomic E-state index is -0.233. The summed E-state index contributed by atoms with van der Waals surface area (Å²) >= 11 is 0. The van der Waals surface area contributed by atoms with Crippen molar-refractivity contribution in [1.82, 2.24) is 4.98 Å². The van der Waals surface area contributed by atoms with Gasteiger partial charge in [-0.1, -0.05) is 26.2 Å². The van der Waals surface area contributed by atoms with E-state index in [4.69, 9.17) is 4.74 Å². The van der Waals surface area contributed by atoms with Gasteiger partial charge in [-0.3, -0.25) is 9.59 Å². The molecule has 6 heteroatoms. The summed E-state index contributed by atoms with van der Waals surface area (Å²) in [6, 6.07) is 3.43. The van der Waals surface area contributed by atoms with Crippen LogP contribution in [0.2, 0.25) is 0 Å². The van der Waals surface area contributed by atoms with E-state index in [0.29, 0.717) is 17.4 Å². The van der Waals surface area contributed by atoms with Gasteiger partial charge in [0.15, 0.2) is 18.2 Å². The normalized spacial score (nSPS) is 23.0. The maximum absolute atomic E-state index is 12.5. The lowest BCUT2D eigenvalue weighted by Crippen LogP contribution is -2.29. The zero-order chi connectivity index (χ0) is 16.9. The number of hydrogen-bond donors (Lipinski definition) is 2. The second kappa shape index (κ2) is 7.64. The maximum atomic E-state index is 12.5. The quantitative estimate of drug-likeness (QED) is 0.867. The van der Waals surface area contributed by atoms with Crippen molar-refractivity contribution in [3.05, 3.63) is 12.1 Å². The van der Waals surface area contributed by atoms with Crippen molar-refractivity contribution < 1.29 is 14.3 Å². The molecule has 0 radical (unpaired) electrons. The van der Waals surface area contributed by atoms with E-state index < -0.39 is 0 Å². The smallest absolute Gasteiger partial charge is 0.263 e. The fraction of sp³-hybridized carbons (Fsp3) is 0.611. The van der Waals surface area contributed by atoms with E-state index in [9.17, 15) is 9.59 Å². The molecule has 1 saturated carbocycles. The molecule has 130 valence electrons. The van der Waals surface area contributed by atoms with Crippen LogP contribution >= 0.6 is 0 Å². The van der Waals surface area contributed by atoms with Gasteiger partial charge < -0.3 is 15.4 Å². The molecule has 6 nitrogen and oxygen atoms in total. The number of amides is 2. The summed E-state index contributed by atoms with van der Waals surface area (Å²) < 4.78 is 5.27. The lowest BCUT2D eigenvalue weighted by atomic mass is 9.79. The fourth-order valence-electron chi connectivity index (χ4n) is 3.47. The van der Waals surface area contributed by atoms with E-state index in [2.05, 4.69) is 22.5 Å². The topological polar surface area (TPSA) is 80.3 Å². The van der Waals surface area contributed by atoms with Crippen LogP contribution in [0, 0.1) is 11.8 Å². The first-order valence-electron chi connectivity index (χ1n) is 8.90. The van der Waals surface area contributed by atoms with E-state index >= 15 is 0 Å². The Hall–Kier alpha value is -2.11. The molecule has 0 spiro atoms. The number of hydrogen-bond acceptors (Lipinski definition) is 4. The lowest BCUT2D eigenvalue weighted by molar-refractivity contribution is -0.121. The Bertz CT molecular complexity index is 610. The van der Waals surface area contributed by atoms with E-state index in [1.807, 2.05) is 0 Å². The SMILES string of the molecule is CCCCC1CCC(C(=O)Nc2ccc3c(n2)NC(=O)CO3)CC1. The number of nitrogens with zero attached hydrogens (tertiary/aromatic N) is 1. The molecule has 2 aliphatic rings. The Kier molecular flexibility index (Phi) is 5.33. The van der Waals surface area contributed by atoms with Gasteiger partial charge in [0.05, 0.1) is 0 Å². The monoisotopic (exact) mass is 331 g/mol. The average Bonchev–Trinajstić information content (AvgIpc) is 2.60. The van der Waals surface area contributed by atoms with Crippen LogP contribution in [0.3, 0.4) is 0 Å². The van der Waals surface area contributed by atoms with Gasteiger partial charge in [-0.2, -0.15) is 0 Å². The highest BCUT2D eigenvalue weighted by Gasteiger charge is 2.26. The number of anilines is 2. The number of unbranched alkanes of at least 4 members (excludes halogenated alkanes) is 1. The molecule has 1 aromatic rings. The minimum Gasteiger partial charge on any atom is -0.480 e. The third kappa shape index (κ3) is 4.04. The van der Waals surface area contributed by atoms with Crippen LogP contribution in [0.15, 0.2) is 12.1 Å².